The van der Waals surface area contributed by atoms with Crippen LogP contribution in [0.1, 0.15) is 0 Å². The van der Waals surface area contributed by atoms with Crippen LogP contribution in [0.4, 0.5) is 0 Å². The van der Waals surface area contributed by atoms with Crippen molar-refractivity contribution in [2.75, 3.05) is 0 Å². The van der Waals surface area contributed by atoms with Crippen LogP contribution in [0.3, 0.4) is 0 Å². The summed E-state index contributed by atoms with van der Waals surface area (Å²) in [5.41, 5.74) is 9.27. The highest BCUT2D eigenvalue weighted by molar-refractivity contribution is 6.23. The van der Waals surface area contributed by atoms with Crippen molar-refractivity contribution in [1.82, 2.24) is 9.97 Å². The SMILES string of the molecule is c1ccc(-c2c3ccccc3c(-c3cc(-c4cc(-c5ccncc5)ccn4)cc4ccccc34)c3ccccc23)cc1. The van der Waals surface area contributed by atoms with E-state index in [1.54, 1.807) is 0 Å². The van der Waals surface area contributed by atoms with Crippen LogP contribution >= 0.6 is 0 Å². The van der Waals surface area contributed by atoms with Crippen LogP contribution in [0.25, 0.3) is 77.0 Å². The van der Waals surface area contributed by atoms with Gasteiger partial charge < -0.3 is 0 Å². The minimum Gasteiger partial charge on any atom is -0.265 e. The van der Waals surface area contributed by atoms with Gasteiger partial charge in [0.15, 0.2) is 0 Å². The molecule has 0 N–H and O–H groups in total. The predicted octanol–water partition coefficient (Wildman–Crippen LogP) is 10.6. The molecule has 0 bridgehead atoms. The molecule has 0 aliphatic carbocycles. The van der Waals surface area contributed by atoms with E-state index < -0.39 is 0 Å². The molecule has 0 radical (unpaired) electrons. The van der Waals surface area contributed by atoms with Crippen LogP contribution in [-0.4, -0.2) is 9.97 Å². The number of pyridine rings is 2. The van der Waals surface area contributed by atoms with Gasteiger partial charge in [0, 0.05) is 24.2 Å². The maximum absolute atomic E-state index is 4.84. The lowest BCUT2D eigenvalue weighted by Gasteiger charge is -2.19. The first-order valence-electron chi connectivity index (χ1n) is 14.2. The predicted molar refractivity (Wildman–Crippen MR) is 176 cm³/mol. The van der Waals surface area contributed by atoms with Gasteiger partial charge in [-0.1, -0.05) is 103 Å². The summed E-state index contributed by atoms with van der Waals surface area (Å²) >= 11 is 0. The minimum absolute atomic E-state index is 0.950. The lowest BCUT2D eigenvalue weighted by Crippen LogP contribution is -1.93. The van der Waals surface area contributed by atoms with E-state index in [4.69, 9.17) is 4.98 Å². The number of hydrogen-bond acceptors (Lipinski definition) is 2. The Labute approximate surface area is 244 Å². The van der Waals surface area contributed by atoms with Crippen LogP contribution < -0.4 is 0 Å². The zero-order valence-corrected chi connectivity index (χ0v) is 22.9. The largest absolute Gasteiger partial charge is 0.265 e. The summed E-state index contributed by atoms with van der Waals surface area (Å²) < 4.78 is 0. The number of fused-ring (bicyclic) bond motifs is 3. The molecule has 196 valence electrons. The molecule has 2 heteroatoms. The lowest BCUT2D eigenvalue weighted by molar-refractivity contribution is 1.31. The van der Waals surface area contributed by atoms with Gasteiger partial charge in [0.05, 0.1) is 5.69 Å². The Kier molecular flexibility index (Phi) is 5.82. The average Bonchev–Trinajstić information content (AvgIpc) is 3.07. The first kappa shape index (κ1) is 24.2. The van der Waals surface area contributed by atoms with Gasteiger partial charge in [-0.05, 0) is 102 Å². The molecule has 0 amide bonds. The molecule has 8 rings (SSSR count). The zero-order chi connectivity index (χ0) is 27.9. The van der Waals surface area contributed by atoms with Crippen molar-refractivity contribution in [3.05, 3.63) is 158 Å². The first-order valence-corrected chi connectivity index (χ1v) is 14.2. The molecule has 0 aliphatic heterocycles. The Hall–Kier alpha value is -5.60. The molecule has 0 saturated heterocycles. The van der Waals surface area contributed by atoms with Crippen LogP contribution in [0, 0.1) is 0 Å². The number of benzene rings is 6. The Morgan fingerprint density at radius 3 is 1.62 bits per heavy atom. The van der Waals surface area contributed by atoms with E-state index >= 15 is 0 Å². The van der Waals surface area contributed by atoms with Crippen molar-refractivity contribution in [2.24, 2.45) is 0 Å². The monoisotopic (exact) mass is 534 g/mol. The summed E-state index contributed by atoms with van der Waals surface area (Å²) in [5, 5.41) is 7.43. The maximum atomic E-state index is 4.84. The smallest absolute Gasteiger partial charge is 0.0708 e. The molecule has 2 heterocycles. The van der Waals surface area contributed by atoms with E-state index in [0.29, 0.717) is 0 Å². The number of aromatic nitrogens is 2. The van der Waals surface area contributed by atoms with Crippen LogP contribution in [0.2, 0.25) is 0 Å². The number of rotatable bonds is 4. The molecule has 8 aromatic rings. The Balaban J connectivity index is 1.45. The van der Waals surface area contributed by atoms with Gasteiger partial charge in [0.2, 0.25) is 0 Å². The minimum atomic E-state index is 0.950. The van der Waals surface area contributed by atoms with Crippen LogP contribution in [-0.2, 0) is 0 Å². The summed E-state index contributed by atoms with van der Waals surface area (Å²) in [5.74, 6) is 0. The Morgan fingerprint density at radius 2 is 0.929 bits per heavy atom. The highest BCUT2D eigenvalue weighted by atomic mass is 14.7. The molecule has 2 nitrogen and oxygen atoms in total. The van der Waals surface area contributed by atoms with Crippen molar-refractivity contribution in [2.45, 2.75) is 0 Å². The highest BCUT2D eigenvalue weighted by Gasteiger charge is 2.19. The van der Waals surface area contributed by atoms with Gasteiger partial charge in [-0.2, -0.15) is 0 Å². The topological polar surface area (TPSA) is 25.8 Å². The van der Waals surface area contributed by atoms with Crippen molar-refractivity contribution in [1.29, 1.82) is 0 Å². The third-order valence-corrected chi connectivity index (χ3v) is 8.19. The summed E-state index contributed by atoms with van der Waals surface area (Å²) in [6.07, 6.45) is 5.57. The van der Waals surface area contributed by atoms with E-state index in [-0.39, 0.29) is 0 Å². The molecule has 0 unspecified atom stereocenters. The van der Waals surface area contributed by atoms with Gasteiger partial charge >= 0.3 is 0 Å². The fourth-order valence-corrected chi connectivity index (χ4v) is 6.31. The molecule has 0 fully saturated rings. The van der Waals surface area contributed by atoms with E-state index in [2.05, 4.69) is 132 Å². The second-order valence-electron chi connectivity index (χ2n) is 10.6. The molecule has 0 aliphatic rings. The molecule has 0 spiro atoms. The Morgan fingerprint density at radius 1 is 0.357 bits per heavy atom. The third-order valence-electron chi connectivity index (χ3n) is 8.19. The van der Waals surface area contributed by atoms with Gasteiger partial charge in [-0.25, -0.2) is 0 Å². The summed E-state index contributed by atoms with van der Waals surface area (Å²) in [6, 6.07) is 50.0. The second-order valence-corrected chi connectivity index (χ2v) is 10.6. The molecule has 0 atom stereocenters. The van der Waals surface area contributed by atoms with Crippen molar-refractivity contribution in [3.63, 3.8) is 0 Å². The molecule has 0 saturated carbocycles. The summed E-state index contributed by atoms with van der Waals surface area (Å²) in [6.45, 7) is 0. The van der Waals surface area contributed by atoms with Gasteiger partial charge in [0.1, 0.15) is 0 Å². The maximum Gasteiger partial charge on any atom is 0.0708 e. The molecule has 2 aromatic heterocycles. The van der Waals surface area contributed by atoms with Crippen LogP contribution in [0.15, 0.2) is 158 Å². The highest BCUT2D eigenvalue weighted by Crippen LogP contribution is 2.46. The lowest BCUT2D eigenvalue weighted by atomic mass is 9.84. The summed E-state index contributed by atoms with van der Waals surface area (Å²) in [7, 11) is 0. The fraction of sp³-hybridized carbons (Fsp3) is 0. The van der Waals surface area contributed by atoms with Gasteiger partial charge in [-0.15, -0.1) is 0 Å². The molecule has 42 heavy (non-hydrogen) atoms. The van der Waals surface area contributed by atoms with E-state index in [1.165, 1.54) is 54.6 Å². The van der Waals surface area contributed by atoms with Gasteiger partial charge in [0.25, 0.3) is 0 Å². The number of nitrogens with zero attached hydrogens (tertiary/aromatic N) is 2. The number of hydrogen-bond donors (Lipinski definition) is 0. The van der Waals surface area contributed by atoms with Crippen molar-refractivity contribution < 1.29 is 0 Å². The fourth-order valence-electron chi connectivity index (χ4n) is 6.31. The molecular weight excluding hydrogens is 508 g/mol. The third kappa shape index (κ3) is 4.05. The quantitative estimate of drug-likeness (QED) is 0.210. The first-order chi connectivity index (χ1) is 20.8. The average molecular weight is 535 g/mol. The van der Waals surface area contributed by atoms with Crippen molar-refractivity contribution >= 4 is 32.3 Å². The van der Waals surface area contributed by atoms with Crippen molar-refractivity contribution in [3.8, 4) is 44.6 Å². The zero-order valence-electron chi connectivity index (χ0n) is 22.9. The molecular formula is C40H26N2. The van der Waals surface area contributed by atoms with E-state index in [0.717, 1.165) is 22.4 Å². The van der Waals surface area contributed by atoms with E-state index in [9.17, 15) is 0 Å². The molecule has 6 aromatic carbocycles. The second kappa shape index (κ2) is 10.1. The van der Waals surface area contributed by atoms with E-state index in [1.807, 2.05) is 30.7 Å². The normalized spacial score (nSPS) is 11.3. The standard InChI is InChI=1S/C40H26N2/c1-2-10-28(11-3-1)39-33-14-6-8-16-35(33)40(36-17-9-7-15-34(36)39)37-25-31(24-30-12-4-5-13-32(30)37)38-26-29(20-23-42-38)27-18-21-41-22-19-27/h1-26H. The summed E-state index contributed by atoms with van der Waals surface area (Å²) in [4.78, 5) is 9.03. The van der Waals surface area contributed by atoms with Gasteiger partial charge in [-0.3, -0.25) is 9.97 Å². The van der Waals surface area contributed by atoms with Crippen LogP contribution in [0.5, 0.6) is 0 Å². The Bertz CT molecular complexity index is 2180.